The van der Waals surface area contributed by atoms with Crippen molar-refractivity contribution in [1.82, 2.24) is 0 Å². The molecule has 29 heavy (non-hydrogen) atoms. The molecule has 4 rings (SSSR count). The Labute approximate surface area is 177 Å². The Morgan fingerprint density at radius 3 is 2.52 bits per heavy atom. The average Bonchev–Trinajstić information content (AvgIpc) is 2.73. The molecule has 0 unspecified atom stereocenters. The van der Waals surface area contributed by atoms with Crippen LogP contribution in [0.3, 0.4) is 0 Å². The number of aliphatic hydroxyl groups excluding tert-OH is 1. The van der Waals surface area contributed by atoms with Crippen molar-refractivity contribution >= 4 is 11.8 Å². The van der Waals surface area contributed by atoms with Crippen LogP contribution >= 0.6 is 11.8 Å². The monoisotopic (exact) mass is 424 g/mol. The molecule has 1 aliphatic carbocycles. The second kappa shape index (κ2) is 8.83. The maximum absolute atomic E-state index is 11.3. The summed E-state index contributed by atoms with van der Waals surface area (Å²) in [6.07, 6.45) is 2.66. The van der Waals surface area contributed by atoms with E-state index in [4.69, 9.17) is 23.7 Å². The molecule has 1 aromatic carbocycles. The highest BCUT2D eigenvalue weighted by Gasteiger charge is 2.53. The minimum Gasteiger partial charge on any atom is -0.387 e. The molecule has 1 aromatic rings. The third kappa shape index (κ3) is 4.82. The lowest BCUT2D eigenvalue weighted by atomic mass is 9.92. The van der Waals surface area contributed by atoms with Crippen LogP contribution < -0.4 is 0 Å². The Bertz CT molecular complexity index is 663. The van der Waals surface area contributed by atoms with Gasteiger partial charge in [-0.05, 0) is 38.8 Å². The Morgan fingerprint density at radius 1 is 1.10 bits per heavy atom. The molecule has 1 saturated carbocycles. The number of hydrogen-bond acceptors (Lipinski definition) is 7. The van der Waals surface area contributed by atoms with E-state index in [1.807, 2.05) is 44.2 Å². The minimum absolute atomic E-state index is 0.344. The molecule has 0 bridgehead atoms. The van der Waals surface area contributed by atoms with Gasteiger partial charge >= 0.3 is 0 Å². The highest BCUT2D eigenvalue weighted by Crippen LogP contribution is 2.42. The third-order valence-electron chi connectivity index (χ3n) is 5.97. The molecule has 0 spiro atoms. The Hall–Kier alpha value is -0.670. The first-order valence-corrected chi connectivity index (χ1v) is 11.4. The smallest absolute Gasteiger partial charge is 0.168 e. The van der Waals surface area contributed by atoms with Crippen molar-refractivity contribution in [3.63, 3.8) is 0 Å². The molecule has 7 heteroatoms. The van der Waals surface area contributed by atoms with E-state index in [0.717, 1.165) is 30.6 Å². The van der Waals surface area contributed by atoms with E-state index in [1.165, 1.54) is 6.42 Å². The summed E-state index contributed by atoms with van der Waals surface area (Å²) in [5.74, 6) is -1.45. The molecular weight excluding hydrogens is 392 g/mol. The molecule has 1 N–H and O–H groups in total. The van der Waals surface area contributed by atoms with Crippen molar-refractivity contribution in [1.29, 1.82) is 0 Å². The molecule has 0 aromatic heterocycles. The van der Waals surface area contributed by atoms with Crippen LogP contribution in [-0.2, 0) is 23.7 Å². The maximum atomic E-state index is 11.3. The van der Waals surface area contributed by atoms with Gasteiger partial charge in [0, 0.05) is 24.8 Å². The summed E-state index contributed by atoms with van der Waals surface area (Å²) >= 11 is 1.56. The van der Waals surface area contributed by atoms with E-state index < -0.39 is 35.3 Å². The Kier molecular flexibility index (Phi) is 6.56. The normalized spacial score (nSPS) is 36.3. The second-order valence-corrected chi connectivity index (χ2v) is 9.69. The molecular formula is C22H32O6S. The first-order chi connectivity index (χ1) is 13.9. The summed E-state index contributed by atoms with van der Waals surface area (Å²) in [6, 6.07) is 10.0. The highest BCUT2D eigenvalue weighted by atomic mass is 32.2. The van der Waals surface area contributed by atoms with Crippen molar-refractivity contribution in [2.45, 2.75) is 92.3 Å². The van der Waals surface area contributed by atoms with E-state index in [9.17, 15) is 5.11 Å². The van der Waals surface area contributed by atoms with Gasteiger partial charge in [0.1, 0.15) is 29.9 Å². The van der Waals surface area contributed by atoms with Crippen molar-refractivity contribution in [2.24, 2.45) is 0 Å². The Balaban J connectivity index is 1.59. The first kappa shape index (κ1) is 21.6. The van der Waals surface area contributed by atoms with Crippen LogP contribution in [0.15, 0.2) is 35.2 Å². The number of fused-ring (bicyclic) bond motifs is 1. The zero-order valence-electron chi connectivity index (χ0n) is 17.4. The first-order valence-electron chi connectivity index (χ1n) is 10.5. The lowest BCUT2D eigenvalue weighted by Crippen LogP contribution is -2.65. The zero-order chi connectivity index (χ0) is 20.5. The number of hydrogen-bond donors (Lipinski definition) is 1. The second-order valence-electron chi connectivity index (χ2n) is 8.52. The molecule has 162 valence electrons. The van der Waals surface area contributed by atoms with Gasteiger partial charge in [-0.1, -0.05) is 36.4 Å². The van der Waals surface area contributed by atoms with E-state index in [-0.39, 0.29) is 6.10 Å². The molecule has 2 saturated heterocycles. The topological polar surface area (TPSA) is 66.4 Å². The van der Waals surface area contributed by atoms with Crippen LogP contribution in [0.25, 0.3) is 0 Å². The molecule has 0 radical (unpaired) electrons. The minimum atomic E-state index is -0.841. The van der Waals surface area contributed by atoms with Crippen LogP contribution in [0.1, 0.15) is 46.0 Å². The highest BCUT2D eigenvalue weighted by molar-refractivity contribution is 7.99. The summed E-state index contributed by atoms with van der Waals surface area (Å²) in [6.45, 7) is 4.09. The SMILES string of the molecule is COC1(O[C@@H]2[C@@H](O)[C@H]3OC(C)(C)OC[C@H]3O[C@H]2Sc2ccccc2)CCCCC1. The van der Waals surface area contributed by atoms with Crippen LogP contribution in [0.4, 0.5) is 0 Å². The molecule has 2 heterocycles. The largest absolute Gasteiger partial charge is 0.387 e. The van der Waals surface area contributed by atoms with Gasteiger partial charge in [0.15, 0.2) is 11.6 Å². The van der Waals surface area contributed by atoms with Gasteiger partial charge in [0.05, 0.1) is 6.61 Å². The van der Waals surface area contributed by atoms with Crippen molar-refractivity contribution in [2.75, 3.05) is 13.7 Å². The number of thioether (sulfide) groups is 1. The summed E-state index contributed by atoms with van der Waals surface area (Å²) in [7, 11) is 1.69. The van der Waals surface area contributed by atoms with E-state index in [2.05, 4.69) is 0 Å². The fourth-order valence-corrected chi connectivity index (χ4v) is 5.51. The van der Waals surface area contributed by atoms with Gasteiger partial charge < -0.3 is 28.8 Å². The molecule has 5 atom stereocenters. The number of rotatable bonds is 5. The predicted octanol–water partition coefficient (Wildman–Crippen LogP) is 3.71. The van der Waals surface area contributed by atoms with Gasteiger partial charge in [-0.25, -0.2) is 0 Å². The summed E-state index contributed by atoms with van der Waals surface area (Å²) < 4.78 is 30.6. The van der Waals surface area contributed by atoms with Gasteiger partial charge in [-0.15, -0.1) is 0 Å². The number of methoxy groups -OCH3 is 1. The summed E-state index contributed by atoms with van der Waals surface area (Å²) in [5.41, 5.74) is -0.393. The van der Waals surface area contributed by atoms with Gasteiger partial charge in [0.2, 0.25) is 0 Å². The quantitative estimate of drug-likeness (QED) is 0.723. The molecule has 6 nitrogen and oxygen atoms in total. The number of aliphatic hydroxyl groups is 1. The molecule has 0 amide bonds. The fourth-order valence-electron chi connectivity index (χ4n) is 4.38. The van der Waals surface area contributed by atoms with Crippen molar-refractivity contribution in [3.8, 4) is 0 Å². The molecule has 2 aliphatic heterocycles. The molecule has 3 fully saturated rings. The summed E-state index contributed by atoms with van der Waals surface area (Å²) in [5, 5.41) is 11.3. The number of benzene rings is 1. The van der Waals surface area contributed by atoms with Gasteiger partial charge in [-0.2, -0.15) is 0 Å². The van der Waals surface area contributed by atoms with E-state index in [1.54, 1.807) is 18.9 Å². The number of ether oxygens (including phenoxy) is 5. The van der Waals surface area contributed by atoms with Gasteiger partial charge in [-0.3, -0.25) is 0 Å². The van der Waals surface area contributed by atoms with E-state index in [0.29, 0.717) is 6.61 Å². The Morgan fingerprint density at radius 2 is 1.83 bits per heavy atom. The predicted molar refractivity (Wildman–Crippen MR) is 110 cm³/mol. The van der Waals surface area contributed by atoms with Crippen LogP contribution in [-0.4, -0.2) is 60.2 Å². The summed E-state index contributed by atoms with van der Waals surface area (Å²) in [4.78, 5) is 1.06. The van der Waals surface area contributed by atoms with E-state index >= 15 is 0 Å². The standard InChI is InChI=1S/C22H32O6S/c1-21(2)25-14-16-18(27-21)17(23)19(28-22(24-3)12-8-5-9-13-22)20(26-16)29-15-10-6-4-7-11-15/h4,6-7,10-11,16-20,23H,5,8-9,12-14H2,1-3H3/t16-,17+,18+,19-,20+/m1/s1. The lowest BCUT2D eigenvalue weighted by molar-refractivity contribution is -0.370. The van der Waals surface area contributed by atoms with Gasteiger partial charge in [0.25, 0.3) is 0 Å². The van der Waals surface area contributed by atoms with Crippen LogP contribution in [0.5, 0.6) is 0 Å². The zero-order valence-corrected chi connectivity index (χ0v) is 18.2. The van der Waals surface area contributed by atoms with Crippen molar-refractivity contribution in [3.05, 3.63) is 30.3 Å². The average molecular weight is 425 g/mol. The maximum Gasteiger partial charge on any atom is 0.168 e. The van der Waals surface area contributed by atoms with Crippen LogP contribution in [0, 0.1) is 0 Å². The van der Waals surface area contributed by atoms with Crippen molar-refractivity contribution < 1.29 is 28.8 Å². The third-order valence-corrected chi connectivity index (χ3v) is 7.12. The molecule has 3 aliphatic rings. The fraction of sp³-hybridized carbons (Fsp3) is 0.727. The lowest BCUT2D eigenvalue weighted by Gasteiger charge is -2.51. The van der Waals surface area contributed by atoms with Crippen LogP contribution in [0.2, 0.25) is 0 Å².